The molecule has 0 saturated heterocycles. The van der Waals surface area contributed by atoms with Gasteiger partial charge in [0.05, 0.1) is 0 Å². The quantitative estimate of drug-likeness (QED) is 0.293. The first-order valence-corrected chi connectivity index (χ1v) is 8.51. The summed E-state index contributed by atoms with van der Waals surface area (Å²) in [6.45, 7) is -2.35. The van der Waals surface area contributed by atoms with Crippen LogP contribution < -0.4 is 0 Å². The molecule has 0 atom stereocenters. The van der Waals surface area contributed by atoms with Crippen molar-refractivity contribution in [3.63, 3.8) is 0 Å². The molecule has 0 fully saturated rings. The highest BCUT2D eigenvalue weighted by molar-refractivity contribution is 7.80. The van der Waals surface area contributed by atoms with Crippen LogP contribution in [0.1, 0.15) is 0 Å². The Kier molecular flexibility index (Phi) is 13.3. The van der Waals surface area contributed by atoms with Crippen molar-refractivity contribution in [2.24, 2.45) is 5.41 Å². The molecule has 12 heteroatoms. The zero-order chi connectivity index (χ0) is 19.3. The first kappa shape index (κ1) is 24.4. The van der Waals surface area contributed by atoms with Crippen LogP contribution in [0.4, 0.5) is 0 Å². The Morgan fingerprint density at radius 2 is 0.720 bits per heavy atom. The van der Waals surface area contributed by atoms with Crippen LogP contribution in [0.15, 0.2) is 0 Å². The predicted octanol–water partition coefficient (Wildman–Crippen LogP) is -0.682. The van der Waals surface area contributed by atoms with Gasteiger partial charge >= 0.3 is 0 Å². The Morgan fingerprint density at radius 1 is 0.520 bits per heavy atom. The molecule has 8 nitrogen and oxygen atoms in total. The van der Waals surface area contributed by atoms with Crippen molar-refractivity contribution in [2.75, 3.05) is 52.9 Å². The molecule has 0 saturated carbocycles. The molecule has 25 heavy (non-hydrogen) atoms. The van der Waals surface area contributed by atoms with Crippen molar-refractivity contribution in [2.45, 2.75) is 0 Å². The van der Waals surface area contributed by atoms with Gasteiger partial charge in [0.15, 0.2) is 20.2 Å². The lowest BCUT2D eigenvalue weighted by Crippen LogP contribution is -2.44. The number of ether oxygens (including phenoxy) is 4. The van der Waals surface area contributed by atoms with Crippen LogP contribution in [-0.4, -0.2) is 93.5 Å². The van der Waals surface area contributed by atoms with E-state index >= 15 is 0 Å². The molecule has 0 aromatic carbocycles. The van der Waals surface area contributed by atoms with Gasteiger partial charge in [0.2, 0.25) is 0 Å². The topological polar surface area (TPSA) is 118 Å². The van der Waals surface area contributed by atoms with Gasteiger partial charge in [-0.05, 0) is 48.9 Å². The van der Waals surface area contributed by atoms with Gasteiger partial charge in [-0.25, -0.2) is 0 Å². The number of hydrogen-bond acceptors (Lipinski definition) is 12. The molecule has 0 bridgehead atoms. The molecule has 0 unspecified atom stereocenters. The molecule has 0 aromatic heterocycles. The van der Waals surface area contributed by atoms with Crippen LogP contribution in [-0.2, 0) is 18.9 Å². The van der Waals surface area contributed by atoms with Gasteiger partial charge in [-0.15, -0.1) is 0 Å². The lowest BCUT2D eigenvalue weighted by Gasteiger charge is -2.32. The minimum atomic E-state index is -1.06. The molecule has 0 radical (unpaired) electrons. The van der Waals surface area contributed by atoms with E-state index in [1.54, 1.807) is 0 Å². The van der Waals surface area contributed by atoms with E-state index in [1.807, 2.05) is 0 Å². The van der Waals surface area contributed by atoms with Gasteiger partial charge < -0.3 is 39.4 Å². The third kappa shape index (κ3) is 10.9. The number of aliphatic hydroxyl groups is 4. The molecule has 4 N–H and O–H groups in total. The molecule has 0 aliphatic heterocycles. The fraction of sp³-hybridized carbons (Fsp3) is 0.692. The van der Waals surface area contributed by atoms with Gasteiger partial charge in [0, 0.05) is 0 Å². The molecule has 0 aliphatic carbocycles. The second-order valence-electron chi connectivity index (χ2n) is 4.78. The molecule has 0 amide bonds. The second-order valence-corrected chi connectivity index (χ2v) is 6.60. The molecular weight excluding hydrogens is 412 g/mol. The summed E-state index contributed by atoms with van der Waals surface area (Å²) in [7, 11) is 0. The van der Waals surface area contributed by atoms with E-state index in [4.69, 9.17) is 88.2 Å². The van der Waals surface area contributed by atoms with E-state index in [2.05, 4.69) is 0 Å². The Balaban J connectivity index is 5.24. The Bertz CT molecular complexity index is 385. The van der Waals surface area contributed by atoms with Crippen molar-refractivity contribution in [1.82, 2.24) is 0 Å². The zero-order valence-electron chi connectivity index (χ0n) is 13.2. The Labute approximate surface area is 166 Å². The molecule has 0 rings (SSSR count). The molecule has 144 valence electrons. The van der Waals surface area contributed by atoms with E-state index in [0.717, 1.165) is 0 Å². The van der Waals surface area contributed by atoms with Crippen LogP contribution in [0, 0.1) is 5.41 Å². The number of rotatable bonds is 12. The lowest BCUT2D eigenvalue weighted by molar-refractivity contribution is -0.0194. The van der Waals surface area contributed by atoms with Crippen LogP contribution in [0.3, 0.4) is 0 Å². The van der Waals surface area contributed by atoms with Gasteiger partial charge in [-0.2, -0.15) is 0 Å². The molecule has 0 heterocycles. The van der Waals surface area contributed by atoms with Crippen molar-refractivity contribution >= 4 is 69.1 Å². The van der Waals surface area contributed by atoms with E-state index in [1.165, 1.54) is 0 Å². The van der Waals surface area contributed by atoms with Crippen molar-refractivity contribution in [3.8, 4) is 0 Å². The lowest BCUT2D eigenvalue weighted by atomic mass is 9.92. The minimum absolute atomic E-state index is 0.0661. The van der Waals surface area contributed by atoms with Crippen molar-refractivity contribution in [1.29, 1.82) is 0 Å². The predicted molar refractivity (Wildman–Crippen MR) is 105 cm³/mol. The van der Waals surface area contributed by atoms with Crippen LogP contribution >= 0.6 is 48.9 Å². The van der Waals surface area contributed by atoms with E-state index in [9.17, 15) is 0 Å². The summed E-state index contributed by atoms with van der Waals surface area (Å²) in [4.78, 5) is 0. The maximum absolute atomic E-state index is 8.98. The standard InChI is InChI=1S/C13H20O8S4/c14-1-9(22)18-5-13(6-19-10(23)2-15,7-20-11(24)3-16)8-21-12(25)4-17/h14-17H,1-8H2. The second kappa shape index (κ2) is 13.6. The van der Waals surface area contributed by atoms with Crippen molar-refractivity contribution in [3.05, 3.63) is 0 Å². The summed E-state index contributed by atoms with van der Waals surface area (Å²) < 4.78 is 21.1. The number of aliphatic hydroxyl groups excluding tert-OH is 4. The highest BCUT2D eigenvalue weighted by atomic mass is 32.1. The smallest absolute Gasteiger partial charge is 0.185 e. The largest absolute Gasteiger partial charge is 0.484 e. The summed E-state index contributed by atoms with van der Waals surface area (Å²) in [6.07, 6.45) is 0. The first-order chi connectivity index (χ1) is 11.8. The summed E-state index contributed by atoms with van der Waals surface area (Å²) in [5.41, 5.74) is -1.06. The summed E-state index contributed by atoms with van der Waals surface area (Å²) in [5, 5.41) is 35.7. The van der Waals surface area contributed by atoms with Gasteiger partial charge in [0.1, 0.15) is 58.3 Å². The van der Waals surface area contributed by atoms with Crippen LogP contribution in [0.2, 0.25) is 0 Å². The van der Waals surface area contributed by atoms with Crippen molar-refractivity contribution < 1.29 is 39.4 Å². The van der Waals surface area contributed by atoms with E-state index in [0.29, 0.717) is 0 Å². The molecule has 0 aliphatic rings. The third-order valence-corrected chi connectivity index (χ3v) is 3.66. The average Bonchev–Trinajstić information content (AvgIpc) is 2.65. The van der Waals surface area contributed by atoms with E-state index < -0.39 is 31.8 Å². The normalized spacial score (nSPS) is 10.7. The maximum atomic E-state index is 8.98. The fourth-order valence-electron chi connectivity index (χ4n) is 1.37. The third-order valence-electron chi connectivity index (χ3n) is 2.67. The van der Waals surface area contributed by atoms with Crippen LogP contribution in [0.25, 0.3) is 0 Å². The summed E-state index contributed by atoms with van der Waals surface area (Å²) in [6, 6.07) is 0. The highest BCUT2D eigenvalue weighted by Gasteiger charge is 2.36. The van der Waals surface area contributed by atoms with Gasteiger partial charge in [0.25, 0.3) is 0 Å². The summed E-state index contributed by atoms with van der Waals surface area (Å²) in [5.74, 6) is 0. The van der Waals surface area contributed by atoms with Gasteiger partial charge in [-0.1, -0.05) is 0 Å². The average molecular weight is 433 g/mol. The minimum Gasteiger partial charge on any atom is -0.484 e. The highest BCUT2D eigenvalue weighted by Crippen LogP contribution is 2.22. The zero-order valence-corrected chi connectivity index (χ0v) is 16.5. The van der Waals surface area contributed by atoms with Gasteiger partial charge in [-0.3, -0.25) is 0 Å². The maximum Gasteiger partial charge on any atom is 0.185 e. The first-order valence-electron chi connectivity index (χ1n) is 6.88. The van der Waals surface area contributed by atoms with Crippen LogP contribution in [0.5, 0.6) is 0 Å². The Morgan fingerprint density at radius 3 is 0.880 bits per heavy atom. The number of hydrogen-bond donors (Lipinski definition) is 4. The van der Waals surface area contributed by atoms with E-state index in [-0.39, 0.29) is 46.6 Å². The fourth-order valence-corrected chi connectivity index (χ4v) is 1.60. The molecule has 0 spiro atoms. The molecule has 0 aromatic rings. The monoisotopic (exact) mass is 432 g/mol. The Hall–Kier alpha value is -0.600. The summed E-state index contributed by atoms with van der Waals surface area (Å²) >= 11 is 19.2. The molecular formula is C13H20O8S4. The SMILES string of the molecule is OCC(=S)OCC(COC(=S)CO)(COC(=S)CO)COC(=S)CO. The number of thiocarbonyl (C=S) groups is 4.